The summed E-state index contributed by atoms with van der Waals surface area (Å²) in [6.45, 7) is -3.21. The van der Waals surface area contributed by atoms with Gasteiger partial charge in [-0.3, -0.25) is 4.79 Å². The molecule has 0 saturated heterocycles. The molecule has 0 aliphatic rings. The van der Waals surface area contributed by atoms with Crippen molar-refractivity contribution in [2.24, 2.45) is 0 Å². The predicted octanol–water partition coefficient (Wildman–Crippen LogP) is 5.06. The molecule has 180 valence electrons. The molecule has 0 atom stereocenters. The van der Waals surface area contributed by atoms with Crippen LogP contribution in [0.4, 0.5) is 13.2 Å². The van der Waals surface area contributed by atoms with Gasteiger partial charge in [-0.2, -0.15) is 8.78 Å². The second kappa shape index (κ2) is 10.5. The molecular formula is C21H15Cl2F3N2O5S. The lowest BCUT2D eigenvalue weighted by Crippen LogP contribution is -2.30. The molecule has 0 unspecified atom stereocenters. The number of hydrogen-bond donors (Lipinski definition) is 1. The highest BCUT2D eigenvalue weighted by molar-refractivity contribution is 7.89. The van der Waals surface area contributed by atoms with Gasteiger partial charge in [-0.05, 0) is 35.9 Å². The van der Waals surface area contributed by atoms with E-state index in [0.717, 1.165) is 11.6 Å². The van der Waals surface area contributed by atoms with Crippen LogP contribution in [0.15, 0.2) is 48.7 Å². The molecule has 1 heterocycles. The van der Waals surface area contributed by atoms with E-state index < -0.39 is 39.7 Å². The van der Waals surface area contributed by atoms with Gasteiger partial charge in [0.15, 0.2) is 0 Å². The SMILES string of the molecule is CS(=O)(=O)NC(=O)c1cc(OC(F)F)c(-c2cnc(OCc3ccc(Cl)cc3)c(Cl)c2)cc1F. The number of nitrogens with zero attached hydrogens (tertiary/aromatic N) is 1. The minimum atomic E-state index is -4.03. The van der Waals surface area contributed by atoms with E-state index in [2.05, 4.69) is 9.72 Å². The van der Waals surface area contributed by atoms with E-state index in [1.807, 2.05) is 0 Å². The van der Waals surface area contributed by atoms with Crippen LogP contribution in [0.1, 0.15) is 15.9 Å². The van der Waals surface area contributed by atoms with E-state index >= 15 is 0 Å². The molecule has 0 aliphatic heterocycles. The van der Waals surface area contributed by atoms with Gasteiger partial charge in [-0.15, -0.1) is 0 Å². The second-order valence-corrected chi connectivity index (χ2v) is 9.43. The number of carbonyl (C=O) groups excluding carboxylic acids is 1. The van der Waals surface area contributed by atoms with Gasteiger partial charge in [0, 0.05) is 22.3 Å². The van der Waals surface area contributed by atoms with Crippen molar-refractivity contribution in [3.8, 4) is 22.8 Å². The van der Waals surface area contributed by atoms with E-state index in [0.29, 0.717) is 17.3 Å². The fraction of sp³-hybridized carbons (Fsp3) is 0.143. The molecule has 0 spiro atoms. The summed E-state index contributed by atoms with van der Waals surface area (Å²) < 4.78 is 74.6. The van der Waals surface area contributed by atoms with Crippen molar-refractivity contribution in [3.63, 3.8) is 0 Å². The quantitative estimate of drug-likeness (QED) is 0.433. The number of ether oxygens (including phenoxy) is 2. The highest BCUT2D eigenvalue weighted by Gasteiger charge is 2.22. The van der Waals surface area contributed by atoms with Crippen LogP contribution in [0, 0.1) is 5.82 Å². The number of sulfonamides is 1. The highest BCUT2D eigenvalue weighted by Crippen LogP contribution is 2.36. The maximum Gasteiger partial charge on any atom is 0.387 e. The Labute approximate surface area is 202 Å². The lowest BCUT2D eigenvalue weighted by Gasteiger charge is -2.14. The van der Waals surface area contributed by atoms with Crippen LogP contribution >= 0.6 is 23.2 Å². The first-order valence-corrected chi connectivity index (χ1v) is 11.9. The third-order valence-electron chi connectivity index (χ3n) is 4.22. The fourth-order valence-electron chi connectivity index (χ4n) is 2.78. The Hall–Kier alpha value is -3.02. The van der Waals surface area contributed by atoms with Crippen LogP contribution in [-0.4, -0.2) is 32.2 Å². The molecule has 0 saturated carbocycles. The molecule has 13 heteroatoms. The summed E-state index contributed by atoms with van der Waals surface area (Å²) in [5.74, 6) is -3.10. The molecule has 1 aromatic heterocycles. The normalized spacial score (nSPS) is 11.4. The average molecular weight is 535 g/mol. The highest BCUT2D eigenvalue weighted by atomic mass is 35.5. The molecule has 1 amide bonds. The molecule has 1 N–H and O–H groups in total. The van der Waals surface area contributed by atoms with Gasteiger partial charge in [-0.25, -0.2) is 22.5 Å². The van der Waals surface area contributed by atoms with Crippen molar-refractivity contribution in [1.29, 1.82) is 0 Å². The minimum absolute atomic E-state index is 0.00577. The molecule has 0 fully saturated rings. The van der Waals surface area contributed by atoms with Crippen molar-refractivity contribution < 1.29 is 35.9 Å². The van der Waals surface area contributed by atoms with Crippen molar-refractivity contribution >= 4 is 39.1 Å². The number of halogens is 5. The zero-order chi connectivity index (χ0) is 25.0. The van der Waals surface area contributed by atoms with Gasteiger partial charge in [0.1, 0.15) is 23.2 Å². The first-order valence-electron chi connectivity index (χ1n) is 9.26. The molecule has 3 rings (SSSR count). The third kappa shape index (κ3) is 6.75. The van der Waals surface area contributed by atoms with Gasteiger partial charge in [0.05, 0.1) is 11.8 Å². The maximum absolute atomic E-state index is 14.6. The topological polar surface area (TPSA) is 94.6 Å². The number of hydrogen-bond acceptors (Lipinski definition) is 6. The summed E-state index contributed by atoms with van der Waals surface area (Å²) in [6.07, 6.45) is 1.87. The van der Waals surface area contributed by atoms with Crippen molar-refractivity contribution in [3.05, 3.63) is 75.7 Å². The third-order valence-corrected chi connectivity index (χ3v) is 5.29. The first-order chi connectivity index (χ1) is 15.9. The van der Waals surface area contributed by atoms with Crippen molar-refractivity contribution in [2.45, 2.75) is 13.2 Å². The lowest BCUT2D eigenvalue weighted by molar-refractivity contribution is -0.0495. The van der Waals surface area contributed by atoms with Crippen LogP contribution in [0.3, 0.4) is 0 Å². The average Bonchev–Trinajstić information content (AvgIpc) is 2.73. The Morgan fingerprint density at radius 2 is 1.82 bits per heavy atom. The molecule has 34 heavy (non-hydrogen) atoms. The smallest absolute Gasteiger partial charge is 0.387 e. The van der Waals surface area contributed by atoms with Crippen LogP contribution < -0.4 is 14.2 Å². The zero-order valence-corrected chi connectivity index (χ0v) is 19.5. The summed E-state index contributed by atoms with van der Waals surface area (Å²) in [7, 11) is -4.03. The van der Waals surface area contributed by atoms with Gasteiger partial charge in [0.2, 0.25) is 15.9 Å². The molecule has 0 radical (unpaired) electrons. The van der Waals surface area contributed by atoms with Gasteiger partial charge in [0.25, 0.3) is 5.91 Å². The van der Waals surface area contributed by atoms with Crippen LogP contribution in [0.2, 0.25) is 10.0 Å². The second-order valence-electron chi connectivity index (χ2n) is 6.84. The standard InChI is InChI=1S/C21H15Cl2F3N2O5S/c1-34(30,31)28-19(29)15-8-18(33-21(25)26)14(7-17(15)24)12-6-16(23)20(27-9-12)32-10-11-2-4-13(22)5-3-11/h2-9,21H,10H2,1H3,(H,28,29). The summed E-state index contributed by atoms with van der Waals surface area (Å²) in [5, 5.41) is 0.548. The molecule has 7 nitrogen and oxygen atoms in total. The van der Waals surface area contributed by atoms with Gasteiger partial charge >= 0.3 is 6.61 Å². The summed E-state index contributed by atoms with van der Waals surface area (Å²) in [5.41, 5.74) is -0.156. The van der Waals surface area contributed by atoms with Crippen molar-refractivity contribution in [1.82, 2.24) is 9.71 Å². The number of aromatic nitrogens is 1. The Morgan fingerprint density at radius 1 is 1.15 bits per heavy atom. The maximum atomic E-state index is 14.6. The summed E-state index contributed by atoms with van der Waals surface area (Å²) >= 11 is 12.0. The van der Waals surface area contributed by atoms with Gasteiger partial charge in [-0.1, -0.05) is 35.3 Å². The number of amides is 1. The number of carbonyl (C=O) groups is 1. The van der Waals surface area contributed by atoms with E-state index in [-0.39, 0.29) is 28.6 Å². The minimum Gasteiger partial charge on any atom is -0.472 e. The van der Waals surface area contributed by atoms with E-state index in [4.69, 9.17) is 27.9 Å². The Morgan fingerprint density at radius 3 is 2.41 bits per heavy atom. The Balaban J connectivity index is 1.92. The molecular weight excluding hydrogens is 520 g/mol. The fourth-order valence-corrected chi connectivity index (χ4v) is 3.57. The number of benzene rings is 2. The van der Waals surface area contributed by atoms with E-state index in [1.54, 1.807) is 29.0 Å². The van der Waals surface area contributed by atoms with Crippen LogP contribution in [-0.2, 0) is 16.6 Å². The van der Waals surface area contributed by atoms with Gasteiger partial charge < -0.3 is 9.47 Å². The molecule has 3 aromatic rings. The predicted molar refractivity (Wildman–Crippen MR) is 119 cm³/mol. The van der Waals surface area contributed by atoms with E-state index in [1.165, 1.54) is 12.3 Å². The molecule has 0 bridgehead atoms. The van der Waals surface area contributed by atoms with Crippen molar-refractivity contribution in [2.75, 3.05) is 6.26 Å². The first kappa shape index (κ1) is 25.6. The number of rotatable bonds is 8. The number of nitrogens with one attached hydrogen (secondary N) is 1. The van der Waals surface area contributed by atoms with Crippen LogP contribution in [0.25, 0.3) is 11.1 Å². The monoisotopic (exact) mass is 534 g/mol. The van der Waals surface area contributed by atoms with E-state index in [9.17, 15) is 26.4 Å². The molecule has 0 aliphatic carbocycles. The zero-order valence-electron chi connectivity index (χ0n) is 17.2. The van der Waals surface area contributed by atoms with Crippen LogP contribution in [0.5, 0.6) is 11.6 Å². The lowest BCUT2D eigenvalue weighted by atomic mass is 10.0. The Bertz CT molecular complexity index is 1320. The Kier molecular flexibility index (Phi) is 7.90. The summed E-state index contributed by atoms with van der Waals surface area (Å²) in [6, 6.07) is 9.52. The number of alkyl halides is 2. The number of pyridine rings is 1. The summed E-state index contributed by atoms with van der Waals surface area (Å²) in [4.78, 5) is 16.1. The molecule has 2 aromatic carbocycles. The largest absolute Gasteiger partial charge is 0.472 e.